The van der Waals surface area contributed by atoms with Gasteiger partial charge in [0.25, 0.3) is 5.91 Å². The van der Waals surface area contributed by atoms with Crippen molar-refractivity contribution in [1.29, 1.82) is 0 Å². The maximum atomic E-state index is 13.2. The molecule has 158 valence electrons. The van der Waals surface area contributed by atoms with Crippen LogP contribution in [0.15, 0.2) is 60.0 Å². The molecule has 0 radical (unpaired) electrons. The van der Waals surface area contributed by atoms with Crippen molar-refractivity contribution in [3.63, 3.8) is 0 Å². The molecule has 0 N–H and O–H groups in total. The molecule has 1 fully saturated rings. The van der Waals surface area contributed by atoms with Gasteiger partial charge in [-0.2, -0.15) is 0 Å². The first-order valence-electron chi connectivity index (χ1n) is 10.4. The predicted molar refractivity (Wildman–Crippen MR) is 127 cm³/mol. The topological polar surface area (TPSA) is 41.4 Å². The summed E-state index contributed by atoms with van der Waals surface area (Å²) in [4.78, 5) is 22.3. The van der Waals surface area contributed by atoms with Crippen LogP contribution >= 0.6 is 22.9 Å². The highest BCUT2D eigenvalue weighted by molar-refractivity contribution is 7.13. The number of carbonyl (C=O) groups excluding carboxylic acids is 1. The SMILES string of the molecule is Cn1c(C(=O)N2CCN(Cc3csc(-c4ccccc4)n3)CC2)c(Cl)c2ccccc21. The molecule has 5 nitrogen and oxygen atoms in total. The Morgan fingerprint density at radius 2 is 1.74 bits per heavy atom. The van der Waals surface area contributed by atoms with Crippen LogP contribution in [0, 0.1) is 0 Å². The summed E-state index contributed by atoms with van der Waals surface area (Å²) < 4.78 is 1.91. The molecule has 0 aliphatic carbocycles. The van der Waals surface area contributed by atoms with Gasteiger partial charge in [-0.3, -0.25) is 9.69 Å². The number of amides is 1. The smallest absolute Gasteiger partial charge is 0.272 e. The van der Waals surface area contributed by atoms with Gasteiger partial charge in [0, 0.05) is 61.6 Å². The first-order valence-corrected chi connectivity index (χ1v) is 11.6. The van der Waals surface area contributed by atoms with Crippen LogP contribution < -0.4 is 0 Å². The second-order valence-corrected chi connectivity index (χ2v) is 9.05. The number of hydrogen-bond acceptors (Lipinski definition) is 4. The molecule has 0 spiro atoms. The van der Waals surface area contributed by atoms with E-state index < -0.39 is 0 Å². The normalized spacial score (nSPS) is 15.0. The van der Waals surface area contributed by atoms with E-state index in [0.29, 0.717) is 23.8 Å². The zero-order valence-corrected chi connectivity index (χ0v) is 18.9. The van der Waals surface area contributed by atoms with E-state index in [1.807, 2.05) is 59.0 Å². The van der Waals surface area contributed by atoms with Crippen molar-refractivity contribution in [3.05, 3.63) is 76.4 Å². The van der Waals surface area contributed by atoms with E-state index in [2.05, 4.69) is 22.4 Å². The molecule has 2 aromatic carbocycles. The van der Waals surface area contributed by atoms with Gasteiger partial charge in [-0.15, -0.1) is 11.3 Å². The number of thiazole rings is 1. The second-order valence-electron chi connectivity index (χ2n) is 7.82. The third-order valence-electron chi connectivity index (χ3n) is 5.87. The summed E-state index contributed by atoms with van der Waals surface area (Å²) in [7, 11) is 1.91. The number of piperazine rings is 1. The van der Waals surface area contributed by atoms with Crippen molar-refractivity contribution in [1.82, 2.24) is 19.4 Å². The Labute approximate surface area is 190 Å². The quantitative estimate of drug-likeness (QED) is 0.443. The lowest BCUT2D eigenvalue weighted by molar-refractivity contribution is 0.0618. The number of carbonyl (C=O) groups is 1. The van der Waals surface area contributed by atoms with Crippen LogP contribution in [0.25, 0.3) is 21.5 Å². The van der Waals surface area contributed by atoms with Gasteiger partial charge in [0.15, 0.2) is 0 Å². The first kappa shape index (κ1) is 20.2. The van der Waals surface area contributed by atoms with E-state index >= 15 is 0 Å². The molecule has 2 aromatic heterocycles. The van der Waals surface area contributed by atoms with Crippen LogP contribution in [-0.4, -0.2) is 51.4 Å². The van der Waals surface area contributed by atoms with Crippen molar-refractivity contribution in [2.75, 3.05) is 26.2 Å². The lowest BCUT2D eigenvalue weighted by Gasteiger charge is -2.34. The third-order valence-corrected chi connectivity index (χ3v) is 7.19. The molecule has 0 saturated carbocycles. The maximum absolute atomic E-state index is 13.2. The molecule has 5 rings (SSSR count). The number of benzene rings is 2. The Morgan fingerprint density at radius 1 is 1.03 bits per heavy atom. The van der Waals surface area contributed by atoms with Crippen molar-refractivity contribution in [2.45, 2.75) is 6.54 Å². The lowest BCUT2D eigenvalue weighted by atomic mass is 10.2. The molecule has 0 bridgehead atoms. The van der Waals surface area contributed by atoms with Gasteiger partial charge in [0.1, 0.15) is 10.7 Å². The van der Waals surface area contributed by atoms with Crippen LogP contribution in [-0.2, 0) is 13.6 Å². The van der Waals surface area contributed by atoms with E-state index in [-0.39, 0.29) is 5.91 Å². The molecule has 0 unspecified atom stereocenters. The molecule has 3 heterocycles. The zero-order chi connectivity index (χ0) is 21.4. The lowest BCUT2D eigenvalue weighted by Crippen LogP contribution is -2.48. The monoisotopic (exact) mass is 450 g/mol. The molecule has 1 aliphatic heterocycles. The largest absolute Gasteiger partial charge is 0.338 e. The van der Waals surface area contributed by atoms with Crippen LogP contribution in [0.4, 0.5) is 0 Å². The minimum atomic E-state index is 0.00312. The Balaban J connectivity index is 1.24. The number of hydrogen-bond donors (Lipinski definition) is 0. The van der Waals surface area contributed by atoms with Crippen LogP contribution in [0.2, 0.25) is 5.02 Å². The minimum Gasteiger partial charge on any atom is -0.338 e. The average molecular weight is 451 g/mol. The number of aromatic nitrogens is 2. The summed E-state index contributed by atoms with van der Waals surface area (Å²) in [6.07, 6.45) is 0. The predicted octanol–water partition coefficient (Wildman–Crippen LogP) is 4.91. The summed E-state index contributed by atoms with van der Waals surface area (Å²) >= 11 is 8.26. The fourth-order valence-electron chi connectivity index (χ4n) is 4.17. The minimum absolute atomic E-state index is 0.00312. The number of para-hydroxylation sites is 1. The molecular weight excluding hydrogens is 428 g/mol. The molecule has 4 aromatic rings. The van der Waals surface area contributed by atoms with Crippen molar-refractivity contribution in [3.8, 4) is 10.6 Å². The standard InChI is InChI=1S/C24H23ClN4OS/c1-27-20-10-6-5-9-19(20)21(25)22(27)24(30)29-13-11-28(12-14-29)15-18-16-31-23(26-18)17-7-3-2-4-8-17/h2-10,16H,11-15H2,1H3. The van der Waals surface area contributed by atoms with Gasteiger partial charge < -0.3 is 9.47 Å². The molecule has 1 saturated heterocycles. The van der Waals surface area contributed by atoms with Crippen LogP contribution in [0.1, 0.15) is 16.2 Å². The van der Waals surface area contributed by atoms with Crippen LogP contribution in [0.5, 0.6) is 0 Å². The maximum Gasteiger partial charge on any atom is 0.272 e. The molecule has 31 heavy (non-hydrogen) atoms. The van der Waals surface area contributed by atoms with Gasteiger partial charge in [-0.25, -0.2) is 4.98 Å². The van der Waals surface area contributed by atoms with Crippen LogP contribution in [0.3, 0.4) is 0 Å². The van der Waals surface area contributed by atoms with E-state index in [4.69, 9.17) is 16.6 Å². The van der Waals surface area contributed by atoms with Gasteiger partial charge >= 0.3 is 0 Å². The summed E-state index contributed by atoms with van der Waals surface area (Å²) in [5.74, 6) is 0.00312. The second kappa shape index (κ2) is 8.46. The molecule has 7 heteroatoms. The van der Waals surface area contributed by atoms with Gasteiger partial charge in [0.2, 0.25) is 0 Å². The molecule has 1 aliphatic rings. The van der Waals surface area contributed by atoms with Crippen molar-refractivity contribution >= 4 is 39.7 Å². The highest BCUT2D eigenvalue weighted by atomic mass is 35.5. The van der Waals surface area contributed by atoms with Crippen molar-refractivity contribution < 1.29 is 4.79 Å². The Kier molecular flexibility index (Phi) is 5.52. The zero-order valence-electron chi connectivity index (χ0n) is 17.3. The molecule has 0 atom stereocenters. The number of halogens is 1. The van der Waals surface area contributed by atoms with E-state index in [1.165, 1.54) is 0 Å². The Bertz CT molecular complexity index is 1190. The summed E-state index contributed by atoms with van der Waals surface area (Å²) in [5, 5.41) is 4.65. The summed E-state index contributed by atoms with van der Waals surface area (Å²) in [5.41, 5.74) is 3.79. The first-order chi connectivity index (χ1) is 15.1. The molecular formula is C24H23ClN4OS. The third kappa shape index (κ3) is 3.87. The van der Waals surface area contributed by atoms with Gasteiger partial charge in [-0.1, -0.05) is 60.1 Å². The number of rotatable bonds is 4. The Hall–Kier alpha value is -2.67. The summed E-state index contributed by atoms with van der Waals surface area (Å²) in [6, 6.07) is 18.1. The fourth-order valence-corrected chi connectivity index (χ4v) is 5.35. The highest BCUT2D eigenvalue weighted by Gasteiger charge is 2.27. The number of aryl methyl sites for hydroxylation is 1. The highest BCUT2D eigenvalue weighted by Crippen LogP contribution is 2.31. The summed E-state index contributed by atoms with van der Waals surface area (Å²) in [6.45, 7) is 3.83. The van der Waals surface area contributed by atoms with E-state index in [0.717, 1.165) is 46.8 Å². The fraction of sp³-hybridized carbons (Fsp3) is 0.250. The van der Waals surface area contributed by atoms with E-state index in [9.17, 15) is 4.79 Å². The number of nitrogens with zero attached hydrogens (tertiary/aromatic N) is 4. The average Bonchev–Trinajstić information content (AvgIpc) is 3.37. The molecule has 1 amide bonds. The number of fused-ring (bicyclic) bond motifs is 1. The van der Waals surface area contributed by atoms with Gasteiger partial charge in [0.05, 0.1) is 10.7 Å². The van der Waals surface area contributed by atoms with E-state index in [1.54, 1.807) is 11.3 Å². The van der Waals surface area contributed by atoms with Crippen molar-refractivity contribution in [2.24, 2.45) is 7.05 Å². The Morgan fingerprint density at radius 3 is 2.48 bits per heavy atom. The van der Waals surface area contributed by atoms with Gasteiger partial charge in [-0.05, 0) is 6.07 Å².